The second-order valence-corrected chi connectivity index (χ2v) is 38.4. The normalized spacial score (nSPS) is 43.9. The topological polar surface area (TPSA) is 0 Å². The van der Waals surface area contributed by atoms with Crippen LogP contribution in [0.2, 0.25) is 0 Å². The van der Waals surface area contributed by atoms with Crippen LogP contribution in [0.15, 0.2) is 0 Å². The first-order valence-corrected chi connectivity index (χ1v) is 43.4. The molecule has 0 aromatic heterocycles. The minimum Gasteiger partial charge on any atom is -0.0533 e. The SMILES string of the molecule is C1C2CC1C2.C1CC2CC(C1)C2.C1CC2CC1C2.C1CC2CCC(C1)C2.C1CC2CCC1C2.C1CC2CCC1CC2.C1CC2CCCC(C1)C2.C1CCC2(CC1)CCCCC2.C1CCC2CC(C1)C2.C1CCC2CCC(C1)C2.C1CCC2CCCC(C1)C2. The molecule has 27 aliphatic carbocycles. The van der Waals surface area contributed by atoms with Crippen LogP contribution in [0.3, 0.4) is 0 Å². The first kappa shape index (κ1) is 68.0. The van der Waals surface area contributed by atoms with Crippen molar-refractivity contribution in [2.45, 2.75) is 430 Å². The summed E-state index contributed by atoms with van der Waals surface area (Å²) < 4.78 is 0. The van der Waals surface area contributed by atoms with Crippen LogP contribution >= 0.6 is 0 Å². The highest BCUT2D eigenvalue weighted by Gasteiger charge is 2.41. The Bertz CT molecular complexity index is 1630. The molecule has 0 aromatic carbocycles. The molecule has 6 unspecified atom stereocenters. The lowest BCUT2D eigenvalue weighted by Gasteiger charge is -2.49. The van der Waals surface area contributed by atoms with E-state index in [9.17, 15) is 0 Å². The summed E-state index contributed by atoms with van der Waals surface area (Å²) in [5.41, 5.74) is 0.858. The van der Waals surface area contributed by atoms with Gasteiger partial charge in [-0.15, -0.1) is 0 Å². The molecule has 0 saturated heterocycles. The minimum absolute atomic E-state index is 0.858. The Balaban J connectivity index is 0.0000000946. The fraction of sp³-hybridized carbons (Fsp3) is 1.00. The molecule has 88 heavy (non-hydrogen) atoms. The average molecular weight is 1210 g/mol. The Labute approximate surface area is 550 Å². The predicted octanol–water partition coefficient (Wildman–Crippen LogP) is 28.6. The Kier molecular flexibility index (Phi) is 28.1. The van der Waals surface area contributed by atoms with Gasteiger partial charge in [-0.3, -0.25) is 0 Å². The Hall–Kier alpha value is 0. The molecule has 27 fully saturated rings. The molecule has 0 aromatic rings. The van der Waals surface area contributed by atoms with E-state index in [4.69, 9.17) is 0 Å². The molecule has 27 aliphatic rings. The van der Waals surface area contributed by atoms with Gasteiger partial charge in [-0.25, -0.2) is 0 Å². The van der Waals surface area contributed by atoms with Crippen LogP contribution in [0.1, 0.15) is 430 Å². The van der Waals surface area contributed by atoms with E-state index in [1.165, 1.54) is 168 Å². The van der Waals surface area contributed by atoms with E-state index >= 15 is 0 Å². The first-order valence-electron chi connectivity index (χ1n) is 43.4. The monoisotopic (exact) mass is 1210 g/mol. The Morgan fingerprint density at radius 1 is 0.102 bits per heavy atom. The molecule has 0 nitrogen and oxygen atoms in total. The van der Waals surface area contributed by atoms with Crippen molar-refractivity contribution in [3.63, 3.8) is 0 Å². The second-order valence-electron chi connectivity index (χ2n) is 38.4. The highest BCUT2D eigenvalue weighted by atomic mass is 14.5. The standard InChI is InChI=1S/C11H20.C10H18.2C9H16.3C8H14.2C7H12.C6H10.C5H8/c1-3-7-11(8-4-1)9-5-2-6-10-11;1-2-5-10-7-3-6-9(4-1)8-10;1-3-8-5-2-6-9(4-1)7-8;1-2-4-9-6-5-8(3-1)7-9;1-2-8-5-3-7(1)4-6-8;1-2-7-4-5-8(3-1)6-7;1-2-4-8-5-7(3-1)6-8;1-2-7-4-3-6(1)5-7;1-2-6-4-7(3-1)5-6;1-2-6-3-5(1)4-6;1-4-2-5(1)3-4/h1-10H2;9-10H,1-8H2;2*8-9H,1-7H2;3*7-8H,1-6H2;2*6-7H,1-5H2;5-6H,1-4H2;4-5H,1-3H2. The molecule has 0 amide bonds. The maximum Gasteiger partial charge on any atom is -0.0297 e. The lowest BCUT2D eigenvalue weighted by molar-refractivity contribution is 0.0198. The van der Waals surface area contributed by atoms with Gasteiger partial charge in [0.25, 0.3) is 0 Å². The molecule has 0 heteroatoms. The van der Waals surface area contributed by atoms with Crippen LogP contribution in [-0.2, 0) is 0 Å². The molecule has 0 N–H and O–H groups in total. The van der Waals surface area contributed by atoms with Gasteiger partial charge < -0.3 is 0 Å². The highest BCUT2D eigenvalue weighted by Crippen LogP contribution is 2.54. The minimum atomic E-state index is 0.858. The van der Waals surface area contributed by atoms with Crippen molar-refractivity contribution < 1.29 is 0 Å². The van der Waals surface area contributed by atoms with Gasteiger partial charge >= 0.3 is 0 Å². The molecule has 20 bridgehead atoms. The highest BCUT2D eigenvalue weighted by molar-refractivity contribution is 4.93. The summed E-state index contributed by atoms with van der Waals surface area (Å²) in [6.07, 6.45) is 104. The van der Waals surface area contributed by atoms with Crippen LogP contribution in [0.25, 0.3) is 0 Å². The van der Waals surface area contributed by atoms with E-state index in [-0.39, 0.29) is 0 Å². The molecule has 1 spiro atoms. The van der Waals surface area contributed by atoms with E-state index in [0.29, 0.717) is 0 Å². The zero-order valence-corrected chi connectivity index (χ0v) is 59.4. The summed E-state index contributed by atoms with van der Waals surface area (Å²) in [4.78, 5) is 0. The van der Waals surface area contributed by atoms with Gasteiger partial charge in [-0.1, -0.05) is 315 Å². The van der Waals surface area contributed by atoms with Gasteiger partial charge in [0.05, 0.1) is 0 Å². The predicted molar refractivity (Wildman–Crippen MR) is 382 cm³/mol. The van der Waals surface area contributed by atoms with Crippen molar-refractivity contribution in [2.75, 3.05) is 0 Å². The molecular formula is C88H154. The molecule has 0 radical (unpaired) electrons. The number of hydrogen-bond donors (Lipinski definition) is 0. The van der Waals surface area contributed by atoms with Crippen molar-refractivity contribution in [1.29, 1.82) is 0 Å². The summed E-state index contributed by atoms with van der Waals surface area (Å²) in [7, 11) is 0. The summed E-state index contributed by atoms with van der Waals surface area (Å²) in [5.74, 6) is 23.3. The second kappa shape index (κ2) is 36.4. The number of hydrogen-bond acceptors (Lipinski definition) is 0. The number of rotatable bonds is 0. The third-order valence-corrected chi connectivity index (χ3v) is 31.6. The summed E-state index contributed by atoms with van der Waals surface area (Å²) >= 11 is 0. The molecule has 0 aliphatic heterocycles. The van der Waals surface area contributed by atoms with Gasteiger partial charge in [-0.05, 0) is 239 Å². The zero-order chi connectivity index (χ0) is 59.4. The van der Waals surface area contributed by atoms with Crippen molar-refractivity contribution >= 4 is 0 Å². The van der Waals surface area contributed by atoms with Gasteiger partial charge in [0.15, 0.2) is 0 Å². The Morgan fingerprint density at radius 3 is 0.420 bits per heavy atom. The Morgan fingerprint density at radius 2 is 0.239 bits per heavy atom. The van der Waals surface area contributed by atoms with E-state index < -0.39 is 0 Å². The quantitative estimate of drug-likeness (QED) is 0.227. The van der Waals surface area contributed by atoms with Crippen LogP contribution in [-0.4, -0.2) is 0 Å². The van der Waals surface area contributed by atoms with Crippen LogP contribution in [0.4, 0.5) is 0 Å². The first-order chi connectivity index (χ1) is 43.4. The van der Waals surface area contributed by atoms with E-state index in [1.54, 1.807) is 321 Å². The third kappa shape index (κ3) is 22.3. The lowest BCUT2D eigenvalue weighted by Crippen LogP contribution is -2.38. The fourth-order valence-electron chi connectivity index (χ4n) is 25.2. The van der Waals surface area contributed by atoms with Crippen LogP contribution in [0, 0.1) is 124 Å². The molecular weight excluding hydrogens is 1060 g/mol. The van der Waals surface area contributed by atoms with E-state index in [0.717, 1.165) is 64.6 Å². The van der Waals surface area contributed by atoms with Gasteiger partial charge in [0.1, 0.15) is 0 Å². The van der Waals surface area contributed by atoms with Crippen LogP contribution < -0.4 is 0 Å². The van der Waals surface area contributed by atoms with Gasteiger partial charge in [-0.2, -0.15) is 0 Å². The summed E-state index contributed by atoms with van der Waals surface area (Å²) in [6, 6.07) is 0. The maximum atomic E-state index is 1.58. The average Bonchev–Trinajstić information content (AvgIpc) is 2.24. The summed E-state index contributed by atoms with van der Waals surface area (Å²) in [6.45, 7) is 0. The molecule has 506 valence electrons. The van der Waals surface area contributed by atoms with E-state index in [1.807, 2.05) is 0 Å². The van der Waals surface area contributed by atoms with Crippen LogP contribution in [0.5, 0.6) is 0 Å². The third-order valence-electron chi connectivity index (χ3n) is 31.6. The van der Waals surface area contributed by atoms with Crippen molar-refractivity contribution in [3.8, 4) is 0 Å². The van der Waals surface area contributed by atoms with Crippen molar-refractivity contribution in [2.24, 2.45) is 124 Å². The maximum absolute atomic E-state index is 1.58. The smallest absolute Gasteiger partial charge is 0.0297 e. The van der Waals surface area contributed by atoms with Crippen molar-refractivity contribution in [1.82, 2.24) is 0 Å². The number of fused-ring (bicyclic) bond motifs is 19. The van der Waals surface area contributed by atoms with Gasteiger partial charge in [0.2, 0.25) is 0 Å². The lowest BCUT2D eigenvalue weighted by atomic mass is 9.56. The van der Waals surface area contributed by atoms with Crippen molar-refractivity contribution in [3.05, 3.63) is 0 Å². The van der Waals surface area contributed by atoms with Gasteiger partial charge in [0, 0.05) is 0 Å². The molecule has 6 atom stereocenters. The zero-order valence-electron chi connectivity index (χ0n) is 59.4. The molecule has 27 saturated carbocycles. The van der Waals surface area contributed by atoms with E-state index in [2.05, 4.69) is 0 Å². The molecule has 27 rings (SSSR count). The molecule has 0 heterocycles. The summed E-state index contributed by atoms with van der Waals surface area (Å²) in [5, 5.41) is 0. The largest absolute Gasteiger partial charge is 0.0533 e. The fourth-order valence-corrected chi connectivity index (χ4v) is 25.2.